The minimum Gasteiger partial charge on any atom is -0.382 e. The van der Waals surface area contributed by atoms with Crippen LogP contribution in [0.2, 0.25) is 0 Å². The Labute approximate surface area is 90.4 Å². The molecule has 1 atom stereocenters. The van der Waals surface area contributed by atoms with Crippen LogP contribution in [0.15, 0.2) is 36.8 Å². The Hall–Kier alpha value is -1.88. The SMILES string of the molecule is OC(c1cnccn1)c1cc(F)ccc1F. The van der Waals surface area contributed by atoms with Crippen molar-refractivity contribution in [2.75, 3.05) is 0 Å². The molecule has 0 fully saturated rings. The van der Waals surface area contributed by atoms with Gasteiger partial charge in [0.15, 0.2) is 0 Å². The van der Waals surface area contributed by atoms with E-state index in [4.69, 9.17) is 0 Å². The molecule has 16 heavy (non-hydrogen) atoms. The van der Waals surface area contributed by atoms with Crippen LogP contribution in [0.3, 0.4) is 0 Å². The molecular weight excluding hydrogens is 214 g/mol. The Balaban J connectivity index is 2.41. The lowest BCUT2D eigenvalue weighted by atomic mass is 10.1. The maximum absolute atomic E-state index is 13.3. The summed E-state index contributed by atoms with van der Waals surface area (Å²) in [6.07, 6.45) is 2.78. The predicted octanol–water partition coefficient (Wildman–Crippen LogP) is 1.84. The number of aliphatic hydroxyl groups is 1. The molecule has 1 aromatic heterocycles. The van der Waals surface area contributed by atoms with Gasteiger partial charge in [0, 0.05) is 18.0 Å². The van der Waals surface area contributed by atoms with Crippen molar-refractivity contribution in [1.29, 1.82) is 0 Å². The van der Waals surface area contributed by atoms with Gasteiger partial charge < -0.3 is 5.11 Å². The van der Waals surface area contributed by atoms with Gasteiger partial charge in [-0.1, -0.05) is 0 Å². The van der Waals surface area contributed by atoms with Crippen molar-refractivity contribution in [2.24, 2.45) is 0 Å². The predicted molar refractivity (Wildman–Crippen MR) is 52.5 cm³/mol. The molecule has 5 heteroatoms. The van der Waals surface area contributed by atoms with Gasteiger partial charge >= 0.3 is 0 Å². The van der Waals surface area contributed by atoms with Crippen LogP contribution in [0.5, 0.6) is 0 Å². The standard InChI is InChI=1S/C11H8F2N2O/c12-7-1-2-9(13)8(5-7)11(16)10-6-14-3-4-15-10/h1-6,11,16H. The van der Waals surface area contributed by atoms with Gasteiger partial charge in [-0.05, 0) is 18.2 Å². The number of hydrogen-bond acceptors (Lipinski definition) is 3. The minimum atomic E-state index is -1.32. The molecule has 0 radical (unpaired) electrons. The molecule has 82 valence electrons. The second-order valence-electron chi connectivity index (χ2n) is 3.20. The van der Waals surface area contributed by atoms with E-state index in [9.17, 15) is 13.9 Å². The Morgan fingerprint density at radius 2 is 2.00 bits per heavy atom. The molecule has 1 N–H and O–H groups in total. The lowest BCUT2D eigenvalue weighted by molar-refractivity contribution is 0.209. The number of aromatic nitrogens is 2. The van der Waals surface area contributed by atoms with Crippen molar-refractivity contribution in [3.8, 4) is 0 Å². The number of hydrogen-bond donors (Lipinski definition) is 1. The highest BCUT2D eigenvalue weighted by Gasteiger charge is 2.16. The van der Waals surface area contributed by atoms with Gasteiger partial charge in [-0.15, -0.1) is 0 Å². The average molecular weight is 222 g/mol. The molecule has 1 aromatic carbocycles. The maximum Gasteiger partial charge on any atom is 0.129 e. The van der Waals surface area contributed by atoms with Crippen LogP contribution in [0, 0.1) is 11.6 Å². The highest BCUT2D eigenvalue weighted by Crippen LogP contribution is 2.22. The first-order chi connectivity index (χ1) is 7.68. The lowest BCUT2D eigenvalue weighted by Gasteiger charge is -2.10. The molecule has 0 bridgehead atoms. The molecule has 0 amide bonds. The van der Waals surface area contributed by atoms with Crippen LogP contribution in [-0.4, -0.2) is 15.1 Å². The molecule has 0 aliphatic heterocycles. The van der Waals surface area contributed by atoms with E-state index in [0.29, 0.717) is 0 Å². The minimum absolute atomic E-state index is 0.152. The van der Waals surface area contributed by atoms with Crippen molar-refractivity contribution in [1.82, 2.24) is 9.97 Å². The van der Waals surface area contributed by atoms with Crippen molar-refractivity contribution in [3.05, 3.63) is 59.7 Å². The molecule has 0 saturated heterocycles. The molecule has 2 aromatic rings. The summed E-state index contributed by atoms with van der Waals surface area (Å²) in [6.45, 7) is 0. The lowest BCUT2D eigenvalue weighted by Crippen LogP contribution is -2.05. The van der Waals surface area contributed by atoms with E-state index in [0.717, 1.165) is 18.2 Å². The molecule has 0 spiro atoms. The fourth-order valence-corrected chi connectivity index (χ4v) is 1.34. The van der Waals surface area contributed by atoms with Crippen LogP contribution < -0.4 is 0 Å². The number of halogens is 2. The first-order valence-electron chi connectivity index (χ1n) is 4.57. The molecule has 0 aliphatic carbocycles. The van der Waals surface area contributed by atoms with Crippen LogP contribution in [0.4, 0.5) is 8.78 Å². The van der Waals surface area contributed by atoms with E-state index in [-0.39, 0.29) is 11.3 Å². The number of nitrogens with zero attached hydrogens (tertiary/aromatic N) is 2. The maximum atomic E-state index is 13.3. The first kappa shape index (κ1) is 10.6. The number of rotatable bonds is 2. The zero-order valence-corrected chi connectivity index (χ0v) is 8.14. The summed E-state index contributed by atoms with van der Waals surface area (Å²) < 4.78 is 26.2. The molecule has 0 saturated carbocycles. The highest BCUT2D eigenvalue weighted by atomic mass is 19.1. The summed E-state index contributed by atoms with van der Waals surface area (Å²) in [7, 11) is 0. The number of aliphatic hydroxyl groups excluding tert-OH is 1. The fraction of sp³-hybridized carbons (Fsp3) is 0.0909. The van der Waals surface area contributed by atoms with Gasteiger partial charge in [0.25, 0.3) is 0 Å². The molecule has 1 heterocycles. The van der Waals surface area contributed by atoms with Crippen molar-refractivity contribution in [3.63, 3.8) is 0 Å². The van der Waals surface area contributed by atoms with Crippen molar-refractivity contribution < 1.29 is 13.9 Å². The van der Waals surface area contributed by atoms with Gasteiger partial charge in [0.2, 0.25) is 0 Å². The van der Waals surface area contributed by atoms with E-state index < -0.39 is 17.7 Å². The molecule has 3 nitrogen and oxygen atoms in total. The molecule has 0 aliphatic rings. The normalized spacial score (nSPS) is 12.4. The van der Waals surface area contributed by atoms with Crippen LogP contribution >= 0.6 is 0 Å². The van der Waals surface area contributed by atoms with E-state index in [1.54, 1.807) is 0 Å². The number of benzene rings is 1. The summed E-state index contributed by atoms with van der Waals surface area (Å²) in [5.74, 6) is -1.29. The molecular formula is C11H8F2N2O. The second-order valence-corrected chi connectivity index (χ2v) is 3.20. The van der Waals surface area contributed by atoms with Crippen LogP contribution in [-0.2, 0) is 0 Å². The zero-order chi connectivity index (χ0) is 11.5. The van der Waals surface area contributed by atoms with E-state index in [1.807, 2.05) is 0 Å². The quantitative estimate of drug-likeness (QED) is 0.843. The Bertz CT molecular complexity index is 491. The summed E-state index contributed by atoms with van der Waals surface area (Å²) >= 11 is 0. The Morgan fingerprint density at radius 3 is 2.69 bits per heavy atom. The Kier molecular flexibility index (Phi) is 2.87. The van der Waals surface area contributed by atoms with Gasteiger partial charge in [0.05, 0.1) is 11.9 Å². The summed E-state index contributed by atoms with van der Waals surface area (Å²) in [4.78, 5) is 7.57. The average Bonchev–Trinajstić information content (AvgIpc) is 2.32. The van der Waals surface area contributed by atoms with Gasteiger partial charge in [-0.25, -0.2) is 8.78 Å². The first-order valence-corrected chi connectivity index (χ1v) is 4.57. The van der Waals surface area contributed by atoms with Gasteiger partial charge in [-0.2, -0.15) is 0 Å². The smallest absolute Gasteiger partial charge is 0.129 e. The fourth-order valence-electron chi connectivity index (χ4n) is 1.34. The largest absolute Gasteiger partial charge is 0.382 e. The van der Waals surface area contributed by atoms with E-state index >= 15 is 0 Å². The highest BCUT2D eigenvalue weighted by molar-refractivity contribution is 5.26. The van der Waals surface area contributed by atoms with E-state index in [2.05, 4.69) is 9.97 Å². The van der Waals surface area contributed by atoms with Gasteiger partial charge in [-0.3, -0.25) is 9.97 Å². The molecule has 1 unspecified atom stereocenters. The van der Waals surface area contributed by atoms with Crippen LogP contribution in [0.25, 0.3) is 0 Å². The summed E-state index contributed by atoms with van der Waals surface area (Å²) in [5.41, 5.74) is 0.0208. The summed E-state index contributed by atoms with van der Waals surface area (Å²) in [5, 5.41) is 9.79. The second kappa shape index (κ2) is 4.32. The summed E-state index contributed by atoms with van der Waals surface area (Å²) in [6, 6.07) is 2.89. The van der Waals surface area contributed by atoms with Crippen molar-refractivity contribution >= 4 is 0 Å². The van der Waals surface area contributed by atoms with E-state index in [1.165, 1.54) is 18.6 Å². The zero-order valence-electron chi connectivity index (χ0n) is 8.14. The van der Waals surface area contributed by atoms with Crippen LogP contribution in [0.1, 0.15) is 17.4 Å². The molecule has 2 rings (SSSR count). The van der Waals surface area contributed by atoms with Crippen molar-refractivity contribution in [2.45, 2.75) is 6.10 Å². The third kappa shape index (κ3) is 2.04. The third-order valence-electron chi connectivity index (χ3n) is 2.12. The van der Waals surface area contributed by atoms with Gasteiger partial charge in [0.1, 0.15) is 17.7 Å². The Morgan fingerprint density at radius 1 is 1.19 bits per heavy atom. The topological polar surface area (TPSA) is 46.0 Å². The monoisotopic (exact) mass is 222 g/mol. The third-order valence-corrected chi connectivity index (χ3v) is 2.12.